The van der Waals surface area contributed by atoms with E-state index < -0.39 is 97.5 Å². The van der Waals surface area contributed by atoms with Crippen LogP contribution in [-0.4, -0.2) is 96.7 Å². The molecule has 0 bridgehead atoms. The van der Waals surface area contributed by atoms with Gasteiger partial charge >= 0.3 is 39.5 Å². The van der Waals surface area contributed by atoms with Crippen LogP contribution in [0.2, 0.25) is 0 Å². The van der Waals surface area contributed by atoms with Crippen molar-refractivity contribution >= 4 is 39.5 Å². The van der Waals surface area contributed by atoms with E-state index in [0.717, 1.165) is 108 Å². The first kappa shape index (κ1) is 95.1. The normalized spacial score (nSPS) is 14.0. The molecule has 19 heteroatoms. The van der Waals surface area contributed by atoms with Gasteiger partial charge in [0.15, 0.2) is 12.2 Å². The summed E-state index contributed by atoms with van der Waals surface area (Å²) in [5, 5.41) is 10.6. The van der Waals surface area contributed by atoms with E-state index >= 15 is 0 Å². The zero-order valence-corrected chi connectivity index (χ0v) is 65.3. The molecule has 97 heavy (non-hydrogen) atoms. The van der Waals surface area contributed by atoms with Crippen molar-refractivity contribution in [3.05, 3.63) is 0 Å². The first-order valence-corrected chi connectivity index (χ1v) is 43.3. The van der Waals surface area contributed by atoms with Crippen LogP contribution in [0.4, 0.5) is 0 Å². The van der Waals surface area contributed by atoms with Crippen LogP contribution < -0.4 is 0 Å². The topological polar surface area (TPSA) is 237 Å². The third-order valence-electron chi connectivity index (χ3n) is 18.1. The molecule has 0 heterocycles. The van der Waals surface area contributed by atoms with Gasteiger partial charge < -0.3 is 33.8 Å². The Hall–Kier alpha value is -1.94. The van der Waals surface area contributed by atoms with Crippen molar-refractivity contribution < 1.29 is 80.2 Å². The fourth-order valence-corrected chi connectivity index (χ4v) is 13.5. The van der Waals surface area contributed by atoms with Crippen molar-refractivity contribution in [1.82, 2.24) is 0 Å². The summed E-state index contributed by atoms with van der Waals surface area (Å²) in [5.74, 6) is 0.203. The molecule has 576 valence electrons. The number of unbranched alkanes of at least 4 members (excludes halogenated alkanes) is 44. The van der Waals surface area contributed by atoms with Crippen LogP contribution in [-0.2, 0) is 65.4 Å². The first-order chi connectivity index (χ1) is 46.7. The number of hydrogen-bond donors (Lipinski definition) is 3. The second kappa shape index (κ2) is 68.5. The maximum Gasteiger partial charge on any atom is 0.472 e. The monoisotopic (exact) mass is 1420 g/mol. The smallest absolute Gasteiger partial charge is 0.462 e. The zero-order valence-electron chi connectivity index (χ0n) is 63.5. The van der Waals surface area contributed by atoms with Crippen molar-refractivity contribution in [2.75, 3.05) is 39.6 Å². The molecule has 17 nitrogen and oxygen atoms in total. The van der Waals surface area contributed by atoms with Crippen molar-refractivity contribution in [2.45, 2.75) is 420 Å². The molecule has 0 spiro atoms. The van der Waals surface area contributed by atoms with Gasteiger partial charge in [0.25, 0.3) is 0 Å². The molecule has 0 amide bonds. The summed E-state index contributed by atoms with van der Waals surface area (Å²) in [5.41, 5.74) is 0. The standard InChI is InChI=1S/C78H152O17P2/c1-8-9-10-11-12-13-14-25-31-40-47-54-61-77(82)95-74(66-89-76(81)60-53-46-39-34-33-37-44-51-58-71(6)7)68-93-97(86,87)91-64-72(79)63-90-96(84,85)92-67-73(65-88-75(80)59-52-45-38-30-26-22-21-24-29-36-43-50-57-70(4)5)94-78(83)62-55-48-41-32-27-20-18-16-15-17-19-23-28-35-42-49-56-69(2)3/h69-74,79H,8-68H2,1-7H3,(H,84,85)(H,86,87)/t72-,73-,74-/m1/s1. The predicted molar refractivity (Wildman–Crippen MR) is 395 cm³/mol. The predicted octanol–water partition coefficient (Wildman–Crippen LogP) is 23.0. The SMILES string of the molecule is CCCCCCCCCCCCCCC(=O)O[C@H](COC(=O)CCCCCCCCCCC(C)C)COP(=O)(O)OC[C@H](O)COP(=O)(O)OC[C@@H](COC(=O)CCCCCCCCCCCCCCC(C)C)OC(=O)CCCCCCCCCCCCCCCCCCC(C)C. The van der Waals surface area contributed by atoms with Crippen molar-refractivity contribution in [2.24, 2.45) is 17.8 Å². The van der Waals surface area contributed by atoms with Crippen LogP contribution in [0.25, 0.3) is 0 Å². The molecule has 0 fully saturated rings. The van der Waals surface area contributed by atoms with E-state index in [9.17, 15) is 43.2 Å². The Kier molecular flexibility index (Phi) is 67.1. The Balaban J connectivity index is 5.24. The number of ether oxygens (including phenoxy) is 4. The van der Waals surface area contributed by atoms with E-state index in [1.807, 2.05) is 0 Å². The summed E-state index contributed by atoms with van der Waals surface area (Å²) in [4.78, 5) is 72.9. The minimum absolute atomic E-state index is 0.107. The third kappa shape index (κ3) is 72.2. The fraction of sp³-hybridized carbons (Fsp3) is 0.949. The summed E-state index contributed by atoms with van der Waals surface area (Å²) in [6.45, 7) is 11.9. The highest BCUT2D eigenvalue weighted by Crippen LogP contribution is 2.45. The summed E-state index contributed by atoms with van der Waals surface area (Å²) >= 11 is 0. The van der Waals surface area contributed by atoms with E-state index in [4.69, 9.17) is 37.0 Å². The fourth-order valence-electron chi connectivity index (χ4n) is 12.0. The summed E-state index contributed by atoms with van der Waals surface area (Å²) in [6, 6.07) is 0. The molecule has 0 aromatic carbocycles. The maximum absolute atomic E-state index is 13.1. The highest BCUT2D eigenvalue weighted by atomic mass is 31.2. The second-order valence-corrected chi connectivity index (χ2v) is 32.4. The molecule has 3 N–H and O–H groups in total. The molecule has 0 aliphatic rings. The molecule has 2 unspecified atom stereocenters. The highest BCUT2D eigenvalue weighted by molar-refractivity contribution is 7.47. The summed E-state index contributed by atoms with van der Waals surface area (Å²) in [7, 11) is -9.91. The lowest BCUT2D eigenvalue weighted by Crippen LogP contribution is -2.30. The van der Waals surface area contributed by atoms with Gasteiger partial charge in [-0.05, 0) is 43.4 Å². The van der Waals surface area contributed by atoms with Crippen LogP contribution in [0.5, 0.6) is 0 Å². The lowest BCUT2D eigenvalue weighted by Gasteiger charge is -2.21. The average Bonchev–Trinajstić information content (AvgIpc) is 1.06. The minimum atomic E-state index is -4.96. The molecule has 0 radical (unpaired) electrons. The minimum Gasteiger partial charge on any atom is -0.462 e. The zero-order chi connectivity index (χ0) is 71.6. The number of esters is 4. The molecular weight excluding hydrogens is 1270 g/mol. The van der Waals surface area contributed by atoms with Crippen molar-refractivity contribution in [3.8, 4) is 0 Å². The van der Waals surface area contributed by atoms with Gasteiger partial charge in [-0.1, -0.05) is 350 Å². The summed E-state index contributed by atoms with van der Waals surface area (Å²) < 4.78 is 68.6. The quantitative estimate of drug-likeness (QED) is 0.0222. The van der Waals surface area contributed by atoms with Gasteiger partial charge in [-0.25, -0.2) is 9.13 Å². The third-order valence-corrected chi connectivity index (χ3v) is 20.0. The molecule has 0 saturated heterocycles. The van der Waals surface area contributed by atoms with Crippen LogP contribution in [0.15, 0.2) is 0 Å². The van der Waals surface area contributed by atoms with Crippen LogP contribution in [0.1, 0.15) is 402 Å². The van der Waals surface area contributed by atoms with E-state index in [0.29, 0.717) is 25.7 Å². The summed E-state index contributed by atoms with van der Waals surface area (Å²) in [6.07, 6.45) is 55.4. The lowest BCUT2D eigenvalue weighted by molar-refractivity contribution is -0.161. The Labute approximate surface area is 594 Å². The molecule has 5 atom stereocenters. The van der Waals surface area contributed by atoms with Crippen LogP contribution >= 0.6 is 15.6 Å². The van der Waals surface area contributed by atoms with Crippen LogP contribution in [0.3, 0.4) is 0 Å². The molecule has 0 aliphatic carbocycles. The number of phosphoric ester groups is 2. The Bertz CT molecular complexity index is 1890. The van der Waals surface area contributed by atoms with Crippen molar-refractivity contribution in [1.29, 1.82) is 0 Å². The number of carbonyl (C=O) groups excluding carboxylic acids is 4. The average molecular weight is 1420 g/mol. The Morgan fingerprint density at radius 1 is 0.278 bits per heavy atom. The number of phosphoric acid groups is 2. The van der Waals surface area contributed by atoms with Crippen LogP contribution in [0, 0.1) is 17.8 Å². The van der Waals surface area contributed by atoms with Gasteiger partial charge in [0.1, 0.15) is 19.3 Å². The van der Waals surface area contributed by atoms with E-state index in [1.165, 1.54) is 212 Å². The Morgan fingerprint density at radius 2 is 0.474 bits per heavy atom. The molecular formula is C78H152O17P2. The molecule has 0 aromatic rings. The second-order valence-electron chi connectivity index (χ2n) is 29.5. The number of hydrogen-bond acceptors (Lipinski definition) is 15. The van der Waals surface area contributed by atoms with Gasteiger partial charge in [-0.15, -0.1) is 0 Å². The van der Waals surface area contributed by atoms with Gasteiger partial charge in [0, 0.05) is 25.7 Å². The molecule has 0 rings (SSSR count). The van der Waals surface area contributed by atoms with E-state index in [2.05, 4.69) is 48.5 Å². The Morgan fingerprint density at radius 3 is 0.701 bits per heavy atom. The molecule has 0 aromatic heterocycles. The highest BCUT2D eigenvalue weighted by Gasteiger charge is 2.30. The van der Waals surface area contributed by atoms with Crippen molar-refractivity contribution in [3.63, 3.8) is 0 Å². The number of rotatable bonds is 76. The number of carbonyl (C=O) groups is 4. The maximum atomic E-state index is 13.1. The van der Waals surface area contributed by atoms with E-state index in [1.54, 1.807) is 0 Å². The van der Waals surface area contributed by atoms with Gasteiger partial charge in [-0.3, -0.25) is 37.3 Å². The molecule has 0 saturated carbocycles. The van der Waals surface area contributed by atoms with Gasteiger partial charge in [0.05, 0.1) is 26.4 Å². The number of aliphatic hydroxyl groups excluding tert-OH is 1. The van der Waals surface area contributed by atoms with Gasteiger partial charge in [-0.2, -0.15) is 0 Å². The van der Waals surface area contributed by atoms with E-state index in [-0.39, 0.29) is 25.7 Å². The van der Waals surface area contributed by atoms with Gasteiger partial charge in [0.2, 0.25) is 0 Å². The first-order valence-electron chi connectivity index (χ1n) is 40.3. The largest absolute Gasteiger partial charge is 0.472 e. The lowest BCUT2D eigenvalue weighted by atomic mass is 10.0. The number of aliphatic hydroxyl groups is 1. The molecule has 0 aliphatic heterocycles.